The fourth-order valence-corrected chi connectivity index (χ4v) is 1.45. The van der Waals surface area contributed by atoms with E-state index in [1.807, 2.05) is 0 Å². The van der Waals surface area contributed by atoms with Gasteiger partial charge in [0.25, 0.3) is 0 Å². The Morgan fingerprint density at radius 1 is 1.06 bits per heavy atom. The molecule has 0 N–H and O–H groups in total. The Morgan fingerprint density at radius 3 is 1.81 bits per heavy atom. The third-order valence-corrected chi connectivity index (χ3v) is 2.47. The highest BCUT2D eigenvalue weighted by Crippen LogP contribution is 2.42. The van der Waals surface area contributed by atoms with Gasteiger partial charge in [-0.05, 0) is 12.3 Å². The maximum Gasteiger partial charge on any atom is 0.407 e. The second-order valence-corrected chi connectivity index (χ2v) is 3.96. The van der Waals surface area contributed by atoms with E-state index in [4.69, 9.17) is 0 Å². The molecule has 1 aliphatic carbocycles. The molecule has 16 heavy (non-hydrogen) atoms. The predicted molar refractivity (Wildman–Crippen MR) is 42.6 cm³/mol. The van der Waals surface area contributed by atoms with Gasteiger partial charge in [0, 0.05) is 6.42 Å². The Kier molecular flexibility index (Phi) is 3.54. The van der Waals surface area contributed by atoms with Crippen LogP contribution in [0, 0.1) is 11.8 Å². The molecule has 0 aromatic rings. The van der Waals surface area contributed by atoms with Crippen LogP contribution in [0.1, 0.15) is 25.7 Å². The smallest absolute Gasteiger partial charge is 0.299 e. The largest absolute Gasteiger partial charge is 0.407 e. The Labute approximate surface area is 87.8 Å². The number of rotatable bonds is 4. The quantitative estimate of drug-likeness (QED) is 0.696. The van der Waals surface area contributed by atoms with Crippen LogP contribution in [0.2, 0.25) is 0 Å². The first-order valence-electron chi connectivity index (χ1n) is 4.78. The molecule has 0 bridgehead atoms. The highest BCUT2D eigenvalue weighted by atomic mass is 19.4. The van der Waals surface area contributed by atoms with Crippen LogP contribution in [-0.2, 0) is 4.79 Å². The second kappa shape index (κ2) is 4.25. The number of alkyl halides is 6. The molecule has 0 amide bonds. The second-order valence-electron chi connectivity index (χ2n) is 3.96. The number of Topliss-reactive ketones (excluding diaryl/α,β-unsaturated/α-hetero) is 1. The summed E-state index contributed by atoms with van der Waals surface area (Å²) in [6, 6.07) is 0. The summed E-state index contributed by atoms with van der Waals surface area (Å²) < 4.78 is 72.4. The summed E-state index contributed by atoms with van der Waals surface area (Å²) in [6.45, 7) is 0. The highest BCUT2D eigenvalue weighted by molar-refractivity contribution is 5.82. The van der Waals surface area contributed by atoms with E-state index in [-0.39, 0.29) is 12.3 Å². The number of ketones is 1. The molecule has 0 aromatic heterocycles. The molecule has 0 heterocycles. The number of hydrogen-bond donors (Lipinski definition) is 0. The van der Waals surface area contributed by atoms with Gasteiger partial charge in [0.15, 0.2) is 5.78 Å². The van der Waals surface area contributed by atoms with Crippen LogP contribution >= 0.6 is 0 Å². The van der Waals surface area contributed by atoms with Crippen LogP contribution in [0.4, 0.5) is 26.3 Å². The zero-order valence-electron chi connectivity index (χ0n) is 8.16. The van der Waals surface area contributed by atoms with Gasteiger partial charge in [-0.1, -0.05) is 12.8 Å². The van der Waals surface area contributed by atoms with Gasteiger partial charge in [0.05, 0.1) is 0 Å². The first-order chi connectivity index (χ1) is 7.12. The van der Waals surface area contributed by atoms with E-state index in [1.54, 1.807) is 0 Å². The third kappa shape index (κ3) is 3.68. The Morgan fingerprint density at radius 2 is 1.50 bits per heavy atom. The molecule has 1 nitrogen and oxygen atoms in total. The summed E-state index contributed by atoms with van der Waals surface area (Å²) in [5, 5.41) is 0. The Balaban J connectivity index is 2.64. The maximum absolute atomic E-state index is 12.1. The minimum atomic E-state index is -5.54. The lowest BCUT2D eigenvalue weighted by atomic mass is 9.98. The number of hydrogen-bond acceptors (Lipinski definition) is 1. The van der Waals surface area contributed by atoms with Gasteiger partial charge in [-0.2, -0.15) is 26.3 Å². The van der Waals surface area contributed by atoms with Crippen molar-refractivity contribution in [2.75, 3.05) is 0 Å². The van der Waals surface area contributed by atoms with E-state index in [0.717, 1.165) is 12.8 Å². The normalized spacial score (nSPS) is 17.9. The van der Waals surface area contributed by atoms with Gasteiger partial charge < -0.3 is 0 Å². The molecule has 0 aromatic carbocycles. The van der Waals surface area contributed by atoms with Crippen molar-refractivity contribution in [3.8, 4) is 0 Å². The Bertz CT molecular complexity index is 248. The molecule has 1 rings (SSSR count). The fourth-order valence-electron chi connectivity index (χ4n) is 1.45. The lowest BCUT2D eigenvalue weighted by Gasteiger charge is -2.21. The summed E-state index contributed by atoms with van der Waals surface area (Å²) in [6.07, 6.45) is -10.0. The monoisotopic (exact) mass is 248 g/mol. The van der Waals surface area contributed by atoms with Crippen LogP contribution < -0.4 is 0 Å². The average molecular weight is 248 g/mol. The van der Waals surface area contributed by atoms with Crippen molar-refractivity contribution in [3.63, 3.8) is 0 Å². The van der Waals surface area contributed by atoms with Gasteiger partial charge >= 0.3 is 12.4 Å². The first-order valence-corrected chi connectivity index (χ1v) is 4.78. The van der Waals surface area contributed by atoms with Crippen molar-refractivity contribution in [1.82, 2.24) is 0 Å². The van der Waals surface area contributed by atoms with Crippen molar-refractivity contribution in [3.05, 3.63) is 0 Å². The van der Waals surface area contributed by atoms with E-state index in [9.17, 15) is 31.1 Å². The lowest BCUT2D eigenvalue weighted by molar-refractivity contribution is -0.273. The lowest BCUT2D eigenvalue weighted by Crippen LogP contribution is -2.42. The maximum atomic E-state index is 12.1. The molecule has 0 atom stereocenters. The van der Waals surface area contributed by atoms with Crippen molar-refractivity contribution in [1.29, 1.82) is 0 Å². The van der Waals surface area contributed by atoms with Crippen LogP contribution in [0.25, 0.3) is 0 Å². The van der Waals surface area contributed by atoms with Crippen molar-refractivity contribution in [2.45, 2.75) is 38.0 Å². The number of halogens is 6. The minimum absolute atomic E-state index is 0.126. The zero-order valence-corrected chi connectivity index (χ0v) is 8.16. The van der Waals surface area contributed by atoms with E-state index in [1.165, 1.54) is 0 Å². The number of carbonyl (C=O) groups is 1. The molecule has 1 saturated carbocycles. The predicted octanol–water partition coefficient (Wildman–Crippen LogP) is 3.49. The highest BCUT2D eigenvalue weighted by Gasteiger charge is 2.60. The van der Waals surface area contributed by atoms with E-state index in [2.05, 4.69) is 0 Å². The van der Waals surface area contributed by atoms with E-state index in [0.29, 0.717) is 0 Å². The van der Waals surface area contributed by atoms with Gasteiger partial charge in [0.1, 0.15) is 0 Å². The summed E-state index contributed by atoms with van der Waals surface area (Å²) in [7, 11) is 0. The fraction of sp³-hybridized carbons (Fsp3) is 0.889. The molecule has 0 unspecified atom stereocenters. The molecule has 1 aliphatic rings. The Hall–Kier alpha value is -0.750. The molecular weight excluding hydrogens is 238 g/mol. The summed E-state index contributed by atoms with van der Waals surface area (Å²) in [5.41, 5.74) is 0. The molecule has 7 heteroatoms. The summed E-state index contributed by atoms with van der Waals surface area (Å²) in [5.74, 6) is -5.46. The van der Waals surface area contributed by atoms with Crippen molar-refractivity contribution >= 4 is 5.78 Å². The van der Waals surface area contributed by atoms with Crippen LogP contribution in [0.3, 0.4) is 0 Å². The van der Waals surface area contributed by atoms with Crippen molar-refractivity contribution in [2.24, 2.45) is 11.8 Å². The van der Waals surface area contributed by atoms with Gasteiger partial charge in [0.2, 0.25) is 5.92 Å². The van der Waals surface area contributed by atoms with Crippen LogP contribution in [0.5, 0.6) is 0 Å². The molecule has 1 fully saturated rings. The topological polar surface area (TPSA) is 17.1 Å². The standard InChI is InChI=1S/C9H10F6O/c10-8(11,12)7(9(13,14)15)6(16)4-3-5-1-2-5/h5,7H,1-4H2. The molecule has 0 spiro atoms. The van der Waals surface area contributed by atoms with Gasteiger partial charge in [-0.15, -0.1) is 0 Å². The third-order valence-electron chi connectivity index (χ3n) is 2.47. The number of carbonyl (C=O) groups excluding carboxylic acids is 1. The van der Waals surface area contributed by atoms with Gasteiger partial charge in [-0.25, -0.2) is 0 Å². The molecular formula is C9H10F6O. The zero-order chi connectivity index (χ0) is 12.6. The molecule has 0 aliphatic heterocycles. The SMILES string of the molecule is O=C(CCC1CC1)C(C(F)(F)F)C(F)(F)F. The first kappa shape index (κ1) is 13.3. The average Bonchev–Trinajstić information content (AvgIpc) is 2.76. The van der Waals surface area contributed by atoms with Crippen LogP contribution in [-0.4, -0.2) is 18.1 Å². The van der Waals surface area contributed by atoms with E-state index >= 15 is 0 Å². The van der Waals surface area contributed by atoms with E-state index < -0.39 is 30.5 Å². The summed E-state index contributed by atoms with van der Waals surface area (Å²) in [4.78, 5) is 10.9. The molecule has 0 radical (unpaired) electrons. The molecule has 0 saturated heterocycles. The van der Waals surface area contributed by atoms with Crippen molar-refractivity contribution < 1.29 is 31.1 Å². The molecule has 94 valence electrons. The van der Waals surface area contributed by atoms with Gasteiger partial charge in [-0.3, -0.25) is 4.79 Å². The van der Waals surface area contributed by atoms with Crippen LogP contribution in [0.15, 0.2) is 0 Å². The minimum Gasteiger partial charge on any atom is -0.299 e. The summed E-state index contributed by atoms with van der Waals surface area (Å²) >= 11 is 0.